The Hall–Kier alpha value is -0.970. The summed E-state index contributed by atoms with van der Waals surface area (Å²) in [5.41, 5.74) is 2.00. The smallest absolute Gasteiger partial charge is 0.140 e. The molecule has 1 aromatic carbocycles. The van der Waals surface area contributed by atoms with Gasteiger partial charge in [-0.25, -0.2) is 0 Å². The van der Waals surface area contributed by atoms with Crippen molar-refractivity contribution in [3.63, 3.8) is 0 Å². The van der Waals surface area contributed by atoms with Gasteiger partial charge in [0.25, 0.3) is 0 Å². The summed E-state index contributed by atoms with van der Waals surface area (Å²) in [6, 6.07) is 1.99. The summed E-state index contributed by atoms with van der Waals surface area (Å²) in [5, 5.41) is 4.01. The predicted molar refractivity (Wildman–Crippen MR) is 77.4 cm³/mol. The maximum Gasteiger partial charge on any atom is 0.140 e. The maximum absolute atomic E-state index is 6.47. The topological polar surface area (TPSA) is 33.7 Å². The van der Waals surface area contributed by atoms with Gasteiger partial charge in [0.15, 0.2) is 0 Å². The van der Waals surface area contributed by atoms with Crippen LogP contribution in [0.1, 0.15) is 11.1 Å². The van der Waals surface area contributed by atoms with Crippen molar-refractivity contribution in [2.45, 2.75) is 13.5 Å². The van der Waals surface area contributed by atoms with Crippen LogP contribution in [0.15, 0.2) is 6.07 Å². The molecule has 1 saturated heterocycles. The third kappa shape index (κ3) is 3.14. The number of nitrogens with one attached hydrogen (secondary N) is 1. The van der Waals surface area contributed by atoms with Gasteiger partial charge in [-0.3, -0.25) is 4.90 Å². The number of piperazine rings is 1. The van der Waals surface area contributed by atoms with Crippen molar-refractivity contribution in [1.29, 1.82) is 0 Å². The molecule has 1 aliphatic rings. The number of nitrogens with zero attached hydrogens (tertiary/aromatic N) is 1. The maximum atomic E-state index is 6.47. The monoisotopic (exact) mass is 284 g/mol. The van der Waals surface area contributed by atoms with Crippen molar-refractivity contribution in [2.24, 2.45) is 0 Å². The van der Waals surface area contributed by atoms with E-state index in [9.17, 15) is 0 Å². The highest BCUT2D eigenvalue weighted by Gasteiger charge is 2.19. The lowest BCUT2D eigenvalue weighted by Gasteiger charge is -2.28. The molecule has 106 valence electrons. The lowest BCUT2D eigenvalue weighted by molar-refractivity contribution is 0.230. The van der Waals surface area contributed by atoms with Crippen LogP contribution in [0.5, 0.6) is 11.5 Å². The molecule has 0 spiro atoms. The van der Waals surface area contributed by atoms with Crippen LogP contribution in [-0.4, -0.2) is 45.3 Å². The molecule has 0 aromatic heterocycles. The van der Waals surface area contributed by atoms with Crippen LogP contribution in [0.4, 0.5) is 0 Å². The van der Waals surface area contributed by atoms with Crippen molar-refractivity contribution in [3.05, 3.63) is 22.2 Å². The van der Waals surface area contributed by atoms with Gasteiger partial charge >= 0.3 is 0 Å². The molecule has 0 bridgehead atoms. The Morgan fingerprint density at radius 2 is 1.95 bits per heavy atom. The van der Waals surface area contributed by atoms with Gasteiger partial charge in [-0.1, -0.05) is 11.6 Å². The Balaban J connectivity index is 2.31. The van der Waals surface area contributed by atoms with Crippen LogP contribution in [0.2, 0.25) is 5.02 Å². The van der Waals surface area contributed by atoms with Crippen LogP contribution >= 0.6 is 11.6 Å². The molecule has 5 heteroatoms. The van der Waals surface area contributed by atoms with Gasteiger partial charge in [0, 0.05) is 38.3 Å². The predicted octanol–water partition coefficient (Wildman–Crippen LogP) is 2.07. The second kappa shape index (κ2) is 6.46. The van der Waals surface area contributed by atoms with E-state index < -0.39 is 0 Å². The molecule has 1 N–H and O–H groups in total. The normalized spacial score (nSPS) is 16.4. The molecule has 1 fully saturated rings. The molecule has 0 unspecified atom stereocenters. The summed E-state index contributed by atoms with van der Waals surface area (Å²) >= 11 is 6.47. The fourth-order valence-electron chi connectivity index (χ4n) is 2.44. The number of aryl methyl sites for hydroxylation is 1. The van der Waals surface area contributed by atoms with Crippen molar-refractivity contribution in [2.75, 3.05) is 40.4 Å². The SMILES string of the molecule is COc1cc(C)c(OC)c(Cl)c1CN1CCNCC1. The Morgan fingerprint density at radius 1 is 1.26 bits per heavy atom. The fourth-order valence-corrected chi connectivity index (χ4v) is 2.82. The number of halogens is 1. The van der Waals surface area contributed by atoms with E-state index in [-0.39, 0.29) is 0 Å². The van der Waals surface area contributed by atoms with E-state index in [0.717, 1.165) is 55.3 Å². The summed E-state index contributed by atoms with van der Waals surface area (Å²) in [7, 11) is 3.33. The van der Waals surface area contributed by atoms with Crippen LogP contribution in [0.25, 0.3) is 0 Å². The lowest BCUT2D eigenvalue weighted by atomic mass is 10.1. The number of ether oxygens (including phenoxy) is 2. The molecule has 1 aromatic rings. The molecule has 0 saturated carbocycles. The number of rotatable bonds is 4. The molecule has 0 amide bonds. The molecular weight excluding hydrogens is 264 g/mol. The number of benzene rings is 1. The first-order valence-electron chi connectivity index (χ1n) is 6.50. The first-order valence-corrected chi connectivity index (χ1v) is 6.88. The minimum atomic E-state index is 0.665. The Labute approximate surface area is 119 Å². The van der Waals surface area contributed by atoms with E-state index in [2.05, 4.69) is 10.2 Å². The molecule has 0 atom stereocenters. The highest BCUT2D eigenvalue weighted by Crippen LogP contribution is 2.38. The van der Waals surface area contributed by atoms with Gasteiger partial charge in [0.2, 0.25) is 0 Å². The zero-order valence-electron chi connectivity index (χ0n) is 11.8. The summed E-state index contributed by atoms with van der Waals surface area (Å²) in [6.07, 6.45) is 0. The van der Waals surface area contributed by atoms with Crippen LogP contribution < -0.4 is 14.8 Å². The molecule has 1 heterocycles. The molecule has 19 heavy (non-hydrogen) atoms. The second-order valence-electron chi connectivity index (χ2n) is 4.75. The molecule has 0 aliphatic carbocycles. The standard InChI is InChI=1S/C14H21ClN2O2/c1-10-8-12(18-2)11(13(15)14(10)19-3)9-17-6-4-16-5-7-17/h8,16H,4-7,9H2,1-3H3. The second-order valence-corrected chi connectivity index (χ2v) is 5.13. The Bertz CT molecular complexity index is 446. The Morgan fingerprint density at radius 3 is 2.53 bits per heavy atom. The van der Waals surface area contributed by atoms with Gasteiger partial charge in [0.05, 0.1) is 19.2 Å². The average Bonchev–Trinajstić information content (AvgIpc) is 2.43. The first-order chi connectivity index (χ1) is 9.17. The van der Waals surface area contributed by atoms with Gasteiger partial charge in [0.1, 0.15) is 11.5 Å². The van der Waals surface area contributed by atoms with Crippen molar-refractivity contribution >= 4 is 11.6 Å². The fraction of sp³-hybridized carbons (Fsp3) is 0.571. The summed E-state index contributed by atoms with van der Waals surface area (Å²) in [6.45, 7) is 6.85. The van der Waals surface area contributed by atoms with E-state index in [1.165, 1.54) is 0 Å². The minimum Gasteiger partial charge on any atom is -0.496 e. The number of hydrogen-bond donors (Lipinski definition) is 1. The first kappa shape index (κ1) is 14.4. The average molecular weight is 285 g/mol. The minimum absolute atomic E-state index is 0.665. The quantitative estimate of drug-likeness (QED) is 0.918. The third-order valence-corrected chi connectivity index (χ3v) is 3.88. The molecule has 4 nitrogen and oxygen atoms in total. The highest BCUT2D eigenvalue weighted by atomic mass is 35.5. The van der Waals surface area contributed by atoms with Gasteiger partial charge in [-0.05, 0) is 18.6 Å². The van der Waals surface area contributed by atoms with Crippen LogP contribution in [0, 0.1) is 6.92 Å². The third-order valence-electron chi connectivity index (χ3n) is 3.48. The molecule has 1 aliphatic heterocycles. The van der Waals surface area contributed by atoms with Gasteiger partial charge in [-0.15, -0.1) is 0 Å². The van der Waals surface area contributed by atoms with Gasteiger partial charge < -0.3 is 14.8 Å². The molecular formula is C14H21ClN2O2. The largest absolute Gasteiger partial charge is 0.496 e. The van der Waals surface area contributed by atoms with E-state index in [4.69, 9.17) is 21.1 Å². The Kier molecular flexibility index (Phi) is 4.91. The van der Waals surface area contributed by atoms with E-state index >= 15 is 0 Å². The van der Waals surface area contributed by atoms with Crippen LogP contribution in [0.3, 0.4) is 0 Å². The van der Waals surface area contributed by atoms with E-state index in [1.54, 1.807) is 14.2 Å². The zero-order chi connectivity index (χ0) is 13.8. The van der Waals surface area contributed by atoms with Crippen molar-refractivity contribution in [1.82, 2.24) is 10.2 Å². The lowest BCUT2D eigenvalue weighted by Crippen LogP contribution is -2.43. The van der Waals surface area contributed by atoms with Gasteiger partial charge in [-0.2, -0.15) is 0 Å². The summed E-state index contributed by atoms with van der Waals surface area (Å²) in [5.74, 6) is 1.58. The number of hydrogen-bond acceptors (Lipinski definition) is 4. The van der Waals surface area contributed by atoms with E-state index in [1.807, 2.05) is 13.0 Å². The summed E-state index contributed by atoms with van der Waals surface area (Å²) < 4.78 is 10.9. The van der Waals surface area contributed by atoms with Crippen LogP contribution in [-0.2, 0) is 6.54 Å². The molecule has 2 rings (SSSR count). The van der Waals surface area contributed by atoms with Crippen molar-refractivity contribution in [3.8, 4) is 11.5 Å². The highest BCUT2D eigenvalue weighted by molar-refractivity contribution is 6.33. The summed E-state index contributed by atoms with van der Waals surface area (Å²) in [4.78, 5) is 2.37. The van der Waals surface area contributed by atoms with Crippen molar-refractivity contribution < 1.29 is 9.47 Å². The van der Waals surface area contributed by atoms with E-state index in [0.29, 0.717) is 5.02 Å². The molecule has 0 radical (unpaired) electrons. The number of methoxy groups -OCH3 is 2. The zero-order valence-corrected chi connectivity index (χ0v) is 12.5.